The molecule has 0 fully saturated rings. The second-order valence-electron chi connectivity index (χ2n) is 5.17. The largest absolute Gasteiger partial charge is 0.469 e. The van der Waals surface area contributed by atoms with Crippen LogP contribution in [0.15, 0.2) is 24.3 Å². The van der Waals surface area contributed by atoms with Crippen LogP contribution in [0, 0.1) is 6.92 Å². The third-order valence-corrected chi connectivity index (χ3v) is 3.37. The number of hydrogen-bond acceptors (Lipinski definition) is 3. The van der Waals surface area contributed by atoms with Gasteiger partial charge in [0.15, 0.2) is 0 Å². The number of carbonyl (C=O) groups is 2. The number of hydrogen-bond donors (Lipinski definition) is 2. The van der Waals surface area contributed by atoms with Crippen LogP contribution in [0.25, 0.3) is 0 Å². The third-order valence-electron chi connectivity index (χ3n) is 3.37. The van der Waals surface area contributed by atoms with Crippen LogP contribution in [-0.2, 0) is 9.53 Å². The Labute approximate surface area is 126 Å². The number of methoxy groups -OCH3 is 1. The molecule has 0 saturated heterocycles. The fraction of sp³-hybridized carbons (Fsp3) is 0.500. The quantitative estimate of drug-likeness (QED) is 0.792. The average Bonchev–Trinajstić information content (AvgIpc) is 2.46. The van der Waals surface area contributed by atoms with Gasteiger partial charge in [-0.2, -0.15) is 0 Å². The number of carbonyl (C=O) groups excluding carboxylic acids is 2. The summed E-state index contributed by atoms with van der Waals surface area (Å²) in [5.74, 6) is -0.357. The molecule has 0 radical (unpaired) electrons. The van der Waals surface area contributed by atoms with Crippen LogP contribution >= 0.6 is 0 Å². The average molecular weight is 292 g/mol. The highest BCUT2D eigenvalue weighted by Gasteiger charge is 2.19. The molecule has 0 bridgehead atoms. The first-order valence-corrected chi connectivity index (χ1v) is 7.16. The molecule has 0 spiro atoms. The Bertz CT molecular complexity index is 471. The molecule has 0 aliphatic rings. The highest BCUT2D eigenvalue weighted by atomic mass is 16.5. The Kier molecular flexibility index (Phi) is 6.72. The van der Waals surface area contributed by atoms with Gasteiger partial charge in [-0.3, -0.25) is 4.79 Å². The minimum Gasteiger partial charge on any atom is -0.469 e. The molecule has 0 heterocycles. The summed E-state index contributed by atoms with van der Waals surface area (Å²) in [6.07, 6.45) is 0.951. The zero-order chi connectivity index (χ0) is 15.8. The van der Waals surface area contributed by atoms with Crippen molar-refractivity contribution in [3.8, 4) is 0 Å². The minimum atomic E-state index is -0.401. The molecule has 5 heteroatoms. The molecule has 21 heavy (non-hydrogen) atoms. The van der Waals surface area contributed by atoms with Gasteiger partial charge in [0.25, 0.3) is 0 Å². The SMILES string of the molecule is CC[C@@H](C)NC(=O)N[C@@H](CC(=O)OC)c1ccc(C)cc1. The predicted molar refractivity (Wildman–Crippen MR) is 82.0 cm³/mol. The van der Waals surface area contributed by atoms with E-state index in [-0.39, 0.29) is 24.5 Å². The summed E-state index contributed by atoms with van der Waals surface area (Å²) < 4.78 is 4.70. The molecular weight excluding hydrogens is 268 g/mol. The zero-order valence-corrected chi connectivity index (χ0v) is 13.1. The summed E-state index contributed by atoms with van der Waals surface area (Å²) in [5.41, 5.74) is 2.00. The van der Waals surface area contributed by atoms with Crippen LogP contribution in [0.4, 0.5) is 4.79 Å². The van der Waals surface area contributed by atoms with Crippen LogP contribution in [-0.4, -0.2) is 25.2 Å². The van der Waals surface area contributed by atoms with Crippen LogP contribution in [0.1, 0.15) is 43.9 Å². The van der Waals surface area contributed by atoms with Gasteiger partial charge in [-0.1, -0.05) is 36.8 Å². The van der Waals surface area contributed by atoms with E-state index in [0.29, 0.717) is 0 Å². The predicted octanol–water partition coefficient (Wildman–Crippen LogP) is 2.70. The summed E-state index contributed by atoms with van der Waals surface area (Å²) in [4.78, 5) is 23.5. The van der Waals surface area contributed by atoms with Gasteiger partial charge in [0.1, 0.15) is 0 Å². The summed E-state index contributed by atoms with van der Waals surface area (Å²) in [5, 5.41) is 5.66. The lowest BCUT2D eigenvalue weighted by molar-refractivity contribution is -0.141. The topological polar surface area (TPSA) is 67.4 Å². The van der Waals surface area contributed by atoms with Crippen molar-refractivity contribution in [3.05, 3.63) is 35.4 Å². The zero-order valence-electron chi connectivity index (χ0n) is 13.1. The lowest BCUT2D eigenvalue weighted by Crippen LogP contribution is -2.42. The molecule has 0 aliphatic heterocycles. The van der Waals surface area contributed by atoms with Gasteiger partial charge in [0.2, 0.25) is 0 Å². The lowest BCUT2D eigenvalue weighted by Gasteiger charge is -2.20. The second-order valence-corrected chi connectivity index (χ2v) is 5.17. The number of amides is 2. The van der Waals surface area contributed by atoms with Gasteiger partial charge < -0.3 is 15.4 Å². The molecule has 1 rings (SSSR count). The van der Waals surface area contributed by atoms with E-state index >= 15 is 0 Å². The van der Waals surface area contributed by atoms with E-state index in [9.17, 15) is 9.59 Å². The summed E-state index contributed by atoms with van der Waals surface area (Å²) in [6.45, 7) is 5.92. The van der Waals surface area contributed by atoms with E-state index in [1.807, 2.05) is 45.0 Å². The summed E-state index contributed by atoms with van der Waals surface area (Å²) >= 11 is 0. The first kappa shape index (κ1) is 17.0. The Hall–Kier alpha value is -2.04. The van der Waals surface area contributed by atoms with Crippen molar-refractivity contribution >= 4 is 12.0 Å². The number of benzene rings is 1. The molecule has 0 unspecified atom stereocenters. The first-order valence-electron chi connectivity index (χ1n) is 7.16. The van der Waals surface area contributed by atoms with Crippen molar-refractivity contribution in [1.82, 2.24) is 10.6 Å². The van der Waals surface area contributed by atoms with Crippen LogP contribution in [0.5, 0.6) is 0 Å². The van der Waals surface area contributed by atoms with Gasteiger partial charge in [0, 0.05) is 6.04 Å². The van der Waals surface area contributed by atoms with Gasteiger partial charge in [0.05, 0.1) is 19.6 Å². The van der Waals surface area contributed by atoms with Crippen LogP contribution in [0.2, 0.25) is 0 Å². The van der Waals surface area contributed by atoms with E-state index in [0.717, 1.165) is 17.5 Å². The molecule has 0 saturated carbocycles. The fourth-order valence-corrected chi connectivity index (χ4v) is 1.83. The Morgan fingerprint density at radius 2 is 1.81 bits per heavy atom. The van der Waals surface area contributed by atoms with Crippen molar-refractivity contribution in [2.75, 3.05) is 7.11 Å². The van der Waals surface area contributed by atoms with Gasteiger partial charge in [-0.25, -0.2) is 4.79 Å². The van der Waals surface area contributed by atoms with E-state index in [4.69, 9.17) is 4.74 Å². The molecule has 1 aromatic rings. The van der Waals surface area contributed by atoms with E-state index in [2.05, 4.69) is 10.6 Å². The molecule has 0 aromatic heterocycles. The Balaban J connectivity index is 2.79. The van der Waals surface area contributed by atoms with Crippen molar-refractivity contribution in [3.63, 3.8) is 0 Å². The van der Waals surface area contributed by atoms with E-state index in [1.54, 1.807) is 0 Å². The molecule has 2 amide bonds. The normalized spacial score (nSPS) is 13.1. The highest BCUT2D eigenvalue weighted by molar-refractivity contribution is 5.76. The van der Waals surface area contributed by atoms with Gasteiger partial charge in [-0.15, -0.1) is 0 Å². The monoisotopic (exact) mass is 292 g/mol. The Morgan fingerprint density at radius 1 is 1.19 bits per heavy atom. The number of rotatable bonds is 6. The van der Waals surface area contributed by atoms with Gasteiger partial charge >= 0.3 is 12.0 Å². The fourth-order valence-electron chi connectivity index (χ4n) is 1.83. The van der Waals surface area contributed by atoms with E-state index in [1.165, 1.54) is 7.11 Å². The van der Waals surface area contributed by atoms with Crippen molar-refractivity contribution in [1.29, 1.82) is 0 Å². The lowest BCUT2D eigenvalue weighted by atomic mass is 10.0. The standard InChI is InChI=1S/C16H24N2O3/c1-5-12(3)17-16(20)18-14(10-15(19)21-4)13-8-6-11(2)7-9-13/h6-9,12,14H,5,10H2,1-4H3,(H2,17,18,20)/t12-,14+/m1/s1. The molecule has 2 atom stereocenters. The number of urea groups is 1. The number of nitrogens with one attached hydrogen (secondary N) is 2. The molecule has 2 N–H and O–H groups in total. The second kappa shape index (κ2) is 8.29. The summed E-state index contributed by atoms with van der Waals surface area (Å²) in [7, 11) is 1.34. The number of esters is 1. The molecular formula is C16H24N2O3. The third kappa shape index (κ3) is 5.85. The maximum atomic E-state index is 12.0. The number of aryl methyl sites for hydroxylation is 1. The first-order chi connectivity index (χ1) is 9.96. The van der Waals surface area contributed by atoms with Crippen molar-refractivity contribution < 1.29 is 14.3 Å². The smallest absolute Gasteiger partial charge is 0.315 e. The maximum Gasteiger partial charge on any atom is 0.315 e. The van der Waals surface area contributed by atoms with Crippen molar-refractivity contribution in [2.45, 2.75) is 45.7 Å². The van der Waals surface area contributed by atoms with Crippen molar-refractivity contribution in [2.24, 2.45) is 0 Å². The molecule has 0 aliphatic carbocycles. The van der Waals surface area contributed by atoms with Crippen LogP contribution < -0.4 is 10.6 Å². The van der Waals surface area contributed by atoms with Crippen LogP contribution in [0.3, 0.4) is 0 Å². The van der Waals surface area contributed by atoms with Gasteiger partial charge in [-0.05, 0) is 25.8 Å². The Morgan fingerprint density at radius 3 is 2.33 bits per heavy atom. The molecule has 1 aromatic carbocycles. The summed E-state index contributed by atoms with van der Waals surface area (Å²) in [6, 6.07) is 7.13. The molecule has 5 nitrogen and oxygen atoms in total. The van der Waals surface area contributed by atoms with E-state index < -0.39 is 6.04 Å². The maximum absolute atomic E-state index is 12.0. The highest BCUT2D eigenvalue weighted by Crippen LogP contribution is 2.18. The molecule has 116 valence electrons. The minimum absolute atomic E-state index is 0.0850. The number of ether oxygens (including phenoxy) is 1.